The highest BCUT2D eigenvalue weighted by atomic mass is 32.2. The van der Waals surface area contributed by atoms with Crippen LogP contribution < -0.4 is 5.32 Å². The molecule has 2 aromatic rings. The number of thioether (sulfide) groups is 1. The maximum absolute atomic E-state index is 12.0. The van der Waals surface area contributed by atoms with E-state index in [4.69, 9.17) is 5.26 Å². The molecule has 1 heterocycles. The van der Waals surface area contributed by atoms with Crippen molar-refractivity contribution in [2.45, 2.75) is 18.9 Å². The van der Waals surface area contributed by atoms with E-state index in [1.165, 1.54) is 11.8 Å². The molecule has 1 aromatic carbocycles. The smallest absolute Gasteiger partial charge is 0.234 e. The topological polar surface area (TPSA) is 65.8 Å². The summed E-state index contributed by atoms with van der Waals surface area (Å²) in [6.45, 7) is 3.94. The first-order valence-electron chi connectivity index (χ1n) is 6.45. The predicted octanol–water partition coefficient (Wildman–Crippen LogP) is 3.30. The Morgan fingerprint density at radius 3 is 2.95 bits per heavy atom. The van der Waals surface area contributed by atoms with Crippen LogP contribution in [0.3, 0.4) is 0 Å². The fourth-order valence-corrected chi connectivity index (χ4v) is 2.53. The number of carbonyl (C=O) groups is 1. The van der Waals surface area contributed by atoms with Crippen molar-refractivity contribution >= 4 is 23.4 Å². The van der Waals surface area contributed by atoms with Gasteiger partial charge in [0.2, 0.25) is 5.91 Å². The second-order valence-electron chi connectivity index (χ2n) is 4.62. The van der Waals surface area contributed by atoms with Gasteiger partial charge in [0.25, 0.3) is 0 Å². The molecule has 5 heteroatoms. The summed E-state index contributed by atoms with van der Waals surface area (Å²) in [7, 11) is 0. The van der Waals surface area contributed by atoms with Gasteiger partial charge in [0.15, 0.2) is 0 Å². The van der Waals surface area contributed by atoms with E-state index < -0.39 is 0 Å². The summed E-state index contributed by atoms with van der Waals surface area (Å²) >= 11 is 1.26. The molecular weight excluding hydrogens is 282 g/mol. The summed E-state index contributed by atoms with van der Waals surface area (Å²) in [5.41, 5.74) is 3.43. The number of rotatable bonds is 4. The van der Waals surface area contributed by atoms with Gasteiger partial charge < -0.3 is 5.32 Å². The Morgan fingerprint density at radius 1 is 1.38 bits per heavy atom. The van der Waals surface area contributed by atoms with Crippen LogP contribution in [0.1, 0.15) is 16.7 Å². The fraction of sp³-hybridized carbons (Fsp3) is 0.188. The minimum atomic E-state index is -0.108. The largest absolute Gasteiger partial charge is 0.325 e. The van der Waals surface area contributed by atoms with E-state index in [2.05, 4.69) is 16.4 Å². The van der Waals surface area contributed by atoms with Gasteiger partial charge in [0.1, 0.15) is 11.1 Å². The van der Waals surface area contributed by atoms with Crippen molar-refractivity contribution < 1.29 is 4.79 Å². The van der Waals surface area contributed by atoms with Gasteiger partial charge in [-0.05, 0) is 43.2 Å². The number of nitrogens with one attached hydrogen (secondary N) is 1. The zero-order valence-corrected chi connectivity index (χ0v) is 12.7. The van der Waals surface area contributed by atoms with Gasteiger partial charge >= 0.3 is 0 Å². The van der Waals surface area contributed by atoms with Gasteiger partial charge in [-0.25, -0.2) is 4.98 Å². The van der Waals surface area contributed by atoms with Crippen LogP contribution in [0.15, 0.2) is 41.6 Å². The van der Waals surface area contributed by atoms with Gasteiger partial charge in [0.05, 0.1) is 11.3 Å². The van der Waals surface area contributed by atoms with Gasteiger partial charge in [0, 0.05) is 11.9 Å². The lowest BCUT2D eigenvalue weighted by Gasteiger charge is -2.09. The SMILES string of the molecule is Cc1ccc(C)c(NC(=O)CSc2ncccc2C#N)c1. The highest BCUT2D eigenvalue weighted by Crippen LogP contribution is 2.20. The number of aryl methyl sites for hydroxylation is 2. The van der Waals surface area contributed by atoms with Crippen LogP contribution in [-0.2, 0) is 4.79 Å². The first kappa shape index (κ1) is 15.1. The van der Waals surface area contributed by atoms with Gasteiger partial charge in [-0.15, -0.1) is 0 Å². The first-order chi connectivity index (χ1) is 10.1. The maximum atomic E-state index is 12.0. The van der Waals surface area contributed by atoms with Crippen molar-refractivity contribution in [3.63, 3.8) is 0 Å². The summed E-state index contributed by atoms with van der Waals surface area (Å²) in [5, 5.41) is 12.4. The number of pyridine rings is 1. The van der Waals surface area contributed by atoms with Crippen molar-refractivity contribution in [1.29, 1.82) is 5.26 Å². The Morgan fingerprint density at radius 2 is 2.19 bits per heavy atom. The second kappa shape index (κ2) is 6.91. The summed E-state index contributed by atoms with van der Waals surface area (Å²) in [6, 6.07) is 11.4. The van der Waals surface area contributed by atoms with Gasteiger partial charge in [-0.3, -0.25) is 4.79 Å². The normalized spacial score (nSPS) is 9.95. The fourth-order valence-electron chi connectivity index (χ4n) is 1.78. The van der Waals surface area contributed by atoms with Crippen LogP contribution in [0.5, 0.6) is 0 Å². The molecule has 0 unspecified atom stereocenters. The Hall–Kier alpha value is -2.32. The van der Waals surface area contributed by atoms with Gasteiger partial charge in [-0.1, -0.05) is 23.9 Å². The molecule has 1 aromatic heterocycles. The molecule has 0 aliphatic rings. The molecule has 0 bridgehead atoms. The molecule has 0 spiro atoms. The summed E-state index contributed by atoms with van der Waals surface area (Å²) in [5.74, 6) is 0.113. The quantitative estimate of drug-likeness (QED) is 0.879. The van der Waals surface area contributed by atoms with E-state index >= 15 is 0 Å². The van der Waals surface area contributed by atoms with Crippen molar-refractivity contribution in [1.82, 2.24) is 4.98 Å². The number of benzene rings is 1. The standard InChI is InChI=1S/C16H15N3OS/c1-11-5-6-12(2)14(8-11)19-15(20)10-21-16-13(9-17)4-3-7-18-16/h3-8H,10H2,1-2H3,(H,19,20). The molecule has 0 saturated carbocycles. The monoisotopic (exact) mass is 297 g/mol. The third kappa shape index (κ3) is 4.07. The van der Waals surface area contributed by atoms with E-state index in [1.807, 2.05) is 32.0 Å². The zero-order valence-electron chi connectivity index (χ0n) is 11.9. The third-order valence-corrected chi connectivity index (χ3v) is 3.90. The number of nitrogens with zero attached hydrogens (tertiary/aromatic N) is 2. The van der Waals surface area contributed by atoms with E-state index in [1.54, 1.807) is 18.3 Å². The van der Waals surface area contributed by atoms with Crippen molar-refractivity contribution in [2.75, 3.05) is 11.1 Å². The molecule has 0 atom stereocenters. The highest BCUT2D eigenvalue weighted by molar-refractivity contribution is 8.00. The Labute approximate surface area is 128 Å². The molecule has 0 radical (unpaired) electrons. The first-order valence-corrected chi connectivity index (χ1v) is 7.43. The van der Waals surface area contributed by atoms with Crippen LogP contribution in [0.2, 0.25) is 0 Å². The second-order valence-corrected chi connectivity index (χ2v) is 5.59. The van der Waals surface area contributed by atoms with Crippen LogP contribution in [0, 0.1) is 25.2 Å². The lowest BCUT2D eigenvalue weighted by molar-refractivity contribution is -0.113. The number of hydrogen-bond donors (Lipinski definition) is 1. The van der Waals surface area contributed by atoms with Crippen LogP contribution in [0.4, 0.5) is 5.69 Å². The highest BCUT2D eigenvalue weighted by Gasteiger charge is 2.09. The molecule has 21 heavy (non-hydrogen) atoms. The molecule has 0 aliphatic heterocycles. The summed E-state index contributed by atoms with van der Waals surface area (Å²) in [4.78, 5) is 16.1. The molecule has 0 aliphatic carbocycles. The molecule has 2 rings (SSSR count). The Balaban J connectivity index is 2.00. The molecule has 106 valence electrons. The van der Waals surface area contributed by atoms with Crippen molar-refractivity contribution in [2.24, 2.45) is 0 Å². The van der Waals surface area contributed by atoms with Crippen LogP contribution >= 0.6 is 11.8 Å². The average molecular weight is 297 g/mol. The maximum Gasteiger partial charge on any atom is 0.234 e. The van der Waals surface area contributed by atoms with Crippen LogP contribution in [0.25, 0.3) is 0 Å². The van der Waals surface area contributed by atoms with Gasteiger partial charge in [-0.2, -0.15) is 5.26 Å². The Bertz CT molecular complexity index is 707. The van der Waals surface area contributed by atoms with Crippen molar-refractivity contribution in [3.05, 3.63) is 53.2 Å². The van der Waals surface area contributed by atoms with E-state index in [-0.39, 0.29) is 11.7 Å². The minimum Gasteiger partial charge on any atom is -0.325 e. The number of anilines is 1. The molecule has 0 saturated heterocycles. The number of carbonyl (C=O) groups excluding carboxylic acids is 1. The lowest BCUT2D eigenvalue weighted by Crippen LogP contribution is -2.15. The predicted molar refractivity (Wildman–Crippen MR) is 84.2 cm³/mol. The van der Waals surface area contributed by atoms with E-state index in [9.17, 15) is 4.79 Å². The summed E-state index contributed by atoms with van der Waals surface area (Å²) < 4.78 is 0. The molecule has 1 N–H and O–H groups in total. The zero-order chi connectivity index (χ0) is 15.2. The van der Waals surface area contributed by atoms with E-state index in [0.29, 0.717) is 10.6 Å². The third-order valence-electron chi connectivity index (χ3n) is 2.90. The van der Waals surface area contributed by atoms with Crippen LogP contribution in [-0.4, -0.2) is 16.6 Å². The number of hydrogen-bond acceptors (Lipinski definition) is 4. The molecule has 0 fully saturated rings. The lowest BCUT2D eigenvalue weighted by atomic mass is 10.1. The van der Waals surface area contributed by atoms with E-state index in [0.717, 1.165) is 16.8 Å². The molecule has 4 nitrogen and oxygen atoms in total. The average Bonchev–Trinajstić information content (AvgIpc) is 2.49. The summed E-state index contributed by atoms with van der Waals surface area (Å²) in [6.07, 6.45) is 1.62. The number of aromatic nitrogens is 1. The van der Waals surface area contributed by atoms with Crippen molar-refractivity contribution in [3.8, 4) is 6.07 Å². The molecule has 1 amide bonds. The number of amides is 1. The minimum absolute atomic E-state index is 0.108. The number of nitriles is 1. The molecular formula is C16H15N3OS. The Kier molecular flexibility index (Phi) is 4.96.